The predicted octanol–water partition coefficient (Wildman–Crippen LogP) is 15.3. The summed E-state index contributed by atoms with van der Waals surface area (Å²) in [5.41, 5.74) is 13.1. The van der Waals surface area contributed by atoms with Crippen molar-refractivity contribution in [3.05, 3.63) is 193 Å². The summed E-state index contributed by atoms with van der Waals surface area (Å²) >= 11 is 0. The molecule has 0 atom stereocenters. The van der Waals surface area contributed by atoms with Gasteiger partial charge in [-0.25, -0.2) is 4.98 Å². The van der Waals surface area contributed by atoms with E-state index in [1.807, 2.05) is 108 Å². The molecule has 0 fully saturated rings. The zero-order chi connectivity index (χ0) is 47.2. The third kappa shape index (κ3) is 8.20. The van der Waals surface area contributed by atoms with Crippen molar-refractivity contribution in [2.75, 3.05) is 0 Å². The van der Waals surface area contributed by atoms with Gasteiger partial charge in [0, 0.05) is 46.7 Å². The molecular formula is C57H50N3OPt-. The summed E-state index contributed by atoms with van der Waals surface area (Å²) < 4.78 is 52.2. The summed E-state index contributed by atoms with van der Waals surface area (Å²) in [4.78, 5) is 10.4. The van der Waals surface area contributed by atoms with Crippen LogP contribution in [0, 0.1) is 6.07 Å². The average Bonchev–Trinajstić information content (AvgIpc) is 3.70. The van der Waals surface area contributed by atoms with E-state index in [0.717, 1.165) is 61.3 Å². The van der Waals surface area contributed by atoms with Crippen LogP contribution in [0.5, 0.6) is 5.75 Å². The monoisotopic (exact) mass is 993 g/mol. The number of para-hydroxylation sites is 1. The van der Waals surface area contributed by atoms with Gasteiger partial charge < -0.3 is 5.11 Å². The van der Waals surface area contributed by atoms with Gasteiger partial charge >= 0.3 is 0 Å². The van der Waals surface area contributed by atoms with E-state index in [0.29, 0.717) is 33.7 Å². The first-order valence-corrected chi connectivity index (χ1v) is 20.8. The fourth-order valence-corrected chi connectivity index (χ4v) is 8.18. The van der Waals surface area contributed by atoms with Crippen LogP contribution >= 0.6 is 0 Å². The average molecular weight is 994 g/mol. The number of imidazole rings is 1. The van der Waals surface area contributed by atoms with Crippen LogP contribution in [0.2, 0.25) is 0 Å². The van der Waals surface area contributed by atoms with Crippen molar-refractivity contribution in [2.24, 2.45) is 0 Å². The third-order valence-corrected chi connectivity index (χ3v) is 11.5. The van der Waals surface area contributed by atoms with Gasteiger partial charge in [-0.2, -0.15) is 0 Å². The number of aromatic nitrogens is 3. The van der Waals surface area contributed by atoms with Crippen molar-refractivity contribution in [2.45, 2.75) is 59.2 Å². The van der Waals surface area contributed by atoms with Crippen LogP contribution in [0.4, 0.5) is 0 Å². The number of benzene rings is 7. The van der Waals surface area contributed by atoms with Gasteiger partial charge in [-0.15, -0.1) is 23.8 Å². The topological polar surface area (TPSA) is 50.9 Å². The molecule has 9 aromatic rings. The second-order valence-corrected chi connectivity index (χ2v) is 16.2. The van der Waals surface area contributed by atoms with E-state index in [2.05, 4.69) is 82.3 Å². The van der Waals surface area contributed by atoms with Crippen LogP contribution in [0.15, 0.2) is 170 Å². The van der Waals surface area contributed by atoms with E-state index < -0.39 is 19.6 Å². The molecule has 0 aliphatic rings. The molecule has 310 valence electrons. The molecule has 1 N–H and O–H groups in total. The van der Waals surface area contributed by atoms with Gasteiger partial charge in [0.2, 0.25) is 0 Å². The van der Waals surface area contributed by atoms with E-state index in [9.17, 15) is 5.11 Å². The molecule has 0 spiro atoms. The minimum atomic E-state index is -2.80. The van der Waals surface area contributed by atoms with Crippen molar-refractivity contribution in [1.29, 1.82) is 0 Å². The number of pyridine rings is 1. The fourth-order valence-electron chi connectivity index (χ4n) is 8.18. The molecular weight excluding hydrogens is 938 g/mol. The summed E-state index contributed by atoms with van der Waals surface area (Å²) in [6.45, 7) is 2.75. The van der Waals surface area contributed by atoms with Crippen LogP contribution in [-0.4, -0.2) is 19.6 Å². The van der Waals surface area contributed by atoms with Crippen LogP contribution < -0.4 is 0 Å². The van der Waals surface area contributed by atoms with Crippen LogP contribution in [0.3, 0.4) is 0 Å². The minimum absolute atomic E-state index is 0. The molecule has 0 aliphatic carbocycles. The molecule has 0 saturated carbocycles. The molecule has 2 heterocycles. The van der Waals surface area contributed by atoms with Gasteiger partial charge in [0.05, 0.1) is 22.3 Å². The van der Waals surface area contributed by atoms with Crippen molar-refractivity contribution in [3.63, 3.8) is 0 Å². The van der Waals surface area contributed by atoms with E-state index in [1.165, 1.54) is 0 Å². The number of fused-ring (bicyclic) bond motifs is 1. The van der Waals surface area contributed by atoms with Crippen molar-refractivity contribution in [3.8, 4) is 78.6 Å². The van der Waals surface area contributed by atoms with Crippen LogP contribution in [-0.2, 0) is 21.1 Å². The zero-order valence-corrected chi connectivity index (χ0v) is 37.3. The van der Waals surface area contributed by atoms with Gasteiger partial charge in [0.1, 0.15) is 11.6 Å². The Morgan fingerprint density at radius 3 is 1.85 bits per heavy atom. The molecule has 0 aliphatic heterocycles. The molecule has 9 rings (SSSR count). The Bertz CT molecular complexity index is 3220. The number of hydrogen-bond acceptors (Lipinski definition) is 3. The Balaban J connectivity index is 0.00000625. The third-order valence-electron chi connectivity index (χ3n) is 11.5. The first kappa shape index (κ1) is 35.3. The normalized spacial score (nSPS) is 13.3. The van der Waals surface area contributed by atoms with Gasteiger partial charge in [-0.1, -0.05) is 179 Å². The molecule has 62 heavy (non-hydrogen) atoms. The zero-order valence-electron chi connectivity index (χ0n) is 41.0. The maximum Gasteiger partial charge on any atom is 0.148 e. The predicted molar refractivity (Wildman–Crippen MR) is 254 cm³/mol. The SMILES string of the molecule is [2H]C([2H])([2H])C(c1ccc(-n2c(-c3cc(C(C)C)cc(C(C)C)c3O)nc3c(-c4[c-]c(-c5cc(-c6ccccc6)ccn5)cc(-c5ccccc5)c4)cccc32)c(-c2ccccc2)c1)C([2H])([2H])[2H].[Pt]. The maximum absolute atomic E-state index is 12.3. The number of phenolic OH excluding ortho intramolecular Hbond substituents is 1. The Hall–Kier alpha value is -6.35. The molecule has 4 nitrogen and oxygen atoms in total. The van der Waals surface area contributed by atoms with E-state index >= 15 is 0 Å². The summed E-state index contributed by atoms with van der Waals surface area (Å²) in [7, 11) is 0. The molecule has 0 amide bonds. The van der Waals surface area contributed by atoms with Crippen molar-refractivity contribution in [1.82, 2.24) is 14.5 Å². The fraction of sp³-hybridized carbons (Fsp3) is 0.158. The minimum Gasteiger partial charge on any atom is -0.507 e. The summed E-state index contributed by atoms with van der Waals surface area (Å²) in [5.74, 6) is -1.03. The van der Waals surface area contributed by atoms with Gasteiger partial charge in [0.25, 0.3) is 0 Å². The second-order valence-electron chi connectivity index (χ2n) is 16.2. The van der Waals surface area contributed by atoms with Crippen LogP contribution in [0.25, 0.3) is 83.9 Å². The summed E-state index contributed by atoms with van der Waals surface area (Å²) in [5, 5.41) is 12.3. The summed E-state index contributed by atoms with van der Waals surface area (Å²) in [6.07, 6.45) is 1.83. The number of hydrogen-bond donors (Lipinski definition) is 1. The Labute approximate surface area is 388 Å². The van der Waals surface area contributed by atoms with Crippen molar-refractivity contribution < 1.29 is 34.4 Å². The maximum atomic E-state index is 12.3. The summed E-state index contributed by atoms with van der Waals surface area (Å²) in [6, 6.07) is 57.2. The number of rotatable bonds is 10. The van der Waals surface area contributed by atoms with E-state index in [4.69, 9.17) is 18.2 Å². The second kappa shape index (κ2) is 17.9. The molecule has 2 aromatic heterocycles. The Morgan fingerprint density at radius 2 is 1.19 bits per heavy atom. The van der Waals surface area contributed by atoms with Crippen LogP contribution in [0.1, 0.15) is 84.1 Å². The number of phenols is 1. The van der Waals surface area contributed by atoms with Gasteiger partial charge in [-0.3, -0.25) is 9.55 Å². The first-order chi connectivity index (χ1) is 32.1. The van der Waals surface area contributed by atoms with Gasteiger partial charge in [0.15, 0.2) is 0 Å². The van der Waals surface area contributed by atoms with E-state index in [-0.39, 0.29) is 44.2 Å². The van der Waals surface area contributed by atoms with E-state index in [1.54, 1.807) is 18.2 Å². The Morgan fingerprint density at radius 1 is 0.548 bits per heavy atom. The largest absolute Gasteiger partial charge is 0.507 e. The molecule has 0 unspecified atom stereocenters. The molecule has 0 bridgehead atoms. The molecule has 5 heteroatoms. The molecule has 7 aromatic carbocycles. The number of aromatic hydroxyl groups is 1. The standard InChI is InChI=1S/C57H50N3O.Pt/c1-36(2)42-25-26-53(50(32-42)41-21-14-9-15-22-41)60-54-24-16-23-48(55(54)59-57(60)51-34-44(37(3)4)33-49(38(5)6)56(51)61)46-29-45(40-19-12-8-13-20-40)30-47(31-46)52-35-43(27-28-58-52)39-17-10-7-11-18-39;/h7-30,32-38,61H,1-6H3;/q-1;/i1D3,2D3;. The quantitative estimate of drug-likeness (QED) is 0.139. The molecule has 0 radical (unpaired) electrons. The first-order valence-electron chi connectivity index (χ1n) is 23.8. The molecule has 0 saturated heterocycles. The smallest absolute Gasteiger partial charge is 0.148 e. The Kier molecular flexibility index (Phi) is 10.2. The number of nitrogens with zero attached hydrogens (tertiary/aromatic N) is 3. The van der Waals surface area contributed by atoms with Gasteiger partial charge in [-0.05, 0) is 87.0 Å². The van der Waals surface area contributed by atoms with Crippen molar-refractivity contribution >= 4 is 11.0 Å².